The molecule has 1 amide bonds. The van der Waals surface area contributed by atoms with E-state index >= 15 is 0 Å². The van der Waals surface area contributed by atoms with Gasteiger partial charge in [0.05, 0.1) is 0 Å². The topological polar surface area (TPSA) is 75.3 Å². The summed E-state index contributed by atoms with van der Waals surface area (Å²) in [5.41, 5.74) is 6.04. The van der Waals surface area contributed by atoms with Crippen molar-refractivity contribution in [3.05, 3.63) is 17.8 Å². The lowest BCUT2D eigenvalue weighted by atomic mass is 10.3. The largest absolute Gasteiger partial charge is 0.357 e. The van der Waals surface area contributed by atoms with Gasteiger partial charge in [0.2, 0.25) is 0 Å². The molecule has 0 radical (unpaired) electrons. The second kappa shape index (κ2) is 5.58. The van der Waals surface area contributed by atoms with Crippen molar-refractivity contribution in [1.29, 1.82) is 0 Å². The van der Waals surface area contributed by atoms with Gasteiger partial charge in [-0.3, -0.25) is 4.79 Å². The van der Waals surface area contributed by atoms with Crippen LogP contribution in [-0.4, -0.2) is 54.7 Å². The third-order valence-corrected chi connectivity index (χ3v) is 2.23. The van der Waals surface area contributed by atoms with Gasteiger partial charge in [0.1, 0.15) is 0 Å². The van der Waals surface area contributed by atoms with Crippen LogP contribution >= 0.6 is 0 Å². The van der Waals surface area contributed by atoms with Crippen LogP contribution in [0.25, 0.3) is 0 Å². The van der Waals surface area contributed by atoms with Crippen LogP contribution in [0.5, 0.6) is 0 Å². The molecule has 1 unspecified atom stereocenters. The molecule has 0 saturated carbocycles. The summed E-state index contributed by atoms with van der Waals surface area (Å²) in [6, 6.07) is 3.50. The molecule has 94 valence electrons. The Hall–Kier alpha value is -1.69. The fourth-order valence-electron chi connectivity index (χ4n) is 1.40. The van der Waals surface area contributed by atoms with E-state index in [9.17, 15) is 4.79 Å². The van der Waals surface area contributed by atoms with E-state index in [1.807, 2.05) is 18.9 Å². The first-order valence-electron chi connectivity index (χ1n) is 5.44. The second-order valence-electron chi connectivity index (χ2n) is 4.33. The maximum Gasteiger partial charge on any atom is 0.273 e. The van der Waals surface area contributed by atoms with E-state index in [4.69, 9.17) is 5.73 Å². The van der Waals surface area contributed by atoms with Crippen LogP contribution in [-0.2, 0) is 0 Å². The van der Waals surface area contributed by atoms with Crippen LogP contribution in [0.2, 0.25) is 0 Å². The van der Waals surface area contributed by atoms with Crippen LogP contribution < -0.4 is 10.6 Å². The highest BCUT2D eigenvalue weighted by atomic mass is 16.2. The number of carbonyl (C=O) groups is 1. The molecule has 0 aromatic carbocycles. The van der Waals surface area contributed by atoms with E-state index in [-0.39, 0.29) is 11.9 Å². The number of nitrogens with two attached hydrogens (primary N) is 1. The van der Waals surface area contributed by atoms with Gasteiger partial charge in [-0.15, -0.1) is 10.2 Å². The summed E-state index contributed by atoms with van der Waals surface area (Å²) in [6.45, 7) is 2.61. The molecule has 1 atom stereocenters. The number of carbonyl (C=O) groups excluding carboxylic acids is 1. The molecule has 0 aliphatic carbocycles. The predicted octanol–water partition coefficient (Wildman–Crippen LogP) is -0.0382. The Kier molecular flexibility index (Phi) is 4.39. The molecule has 6 heteroatoms. The molecule has 1 rings (SSSR count). The first-order chi connectivity index (χ1) is 7.91. The molecule has 2 N–H and O–H groups in total. The van der Waals surface area contributed by atoms with E-state index < -0.39 is 0 Å². The van der Waals surface area contributed by atoms with Gasteiger partial charge in [0.25, 0.3) is 5.91 Å². The lowest BCUT2D eigenvalue weighted by Crippen LogP contribution is -2.33. The van der Waals surface area contributed by atoms with Crippen molar-refractivity contribution < 1.29 is 4.79 Å². The first-order valence-corrected chi connectivity index (χ1v) is 5.44. The molecule has 0 spiro atoms. The lowest BCUT2D eigenvalue weighted by Gasteiger charge is -2.19. The van der Waals surface area contributed by atoms with Crippen molar-refractivity contribution in [2.24, 2.45) is 5.73 Å². The number of hydrogen-bond donors (Lipinski definition) is 1. The third kappa shape index (κ3) is 3.67. The van der Waals surface area contributed by atoms with Gasteiger partial charge < -0.3 is 15.5 Å². The Morgan fingerprint density at radius 3 is 2.41 bits per heavy atom. The Labute approximate surface area is 101 Å². The fraction of sp³-hybridized carbons (Fsp3) is 0.545. The van der Waals surface area contributed by atoms with E-state index in [1.165, 1.54) is 4.90 Å². The number of rotatable bonds is 4. The van der Waals surface area contributed by atoms with Crippen LogP contribution in [0.3, 0.4) is 0 Å². The zero-order chi connectivity index (χ0) is 13.0. The minimum atomic E-state index is -0.154. The summed E-state index contributed by atoms with van der Waals surface area (Å²) in [7, 11) is 5.25. The van der Waals surface area contributed by atoms with Crippen LogP contribution in [0.1, 0.15) is 17.4 Å². The monoisotopic (exact) mass is 237 g/mol. The molecule has 17 heavy (non-hydrogen) atoms. The van der Waals surface area contributed by atoms with Crippen molar-refractivity contribution in [2.75, 3.05) is 32.6 Å². The third-order valence-electron chi connectivity index (χ3n) is 2.23. The highest BCUT2D eigenvalue weighted by Gasteiger charge is 2.11. The fourth-order valence-corrected chi connectivity index (χ4v) is 1.40. The van der Waals surface area contributed by atoms with Crippen molar-refractivity contribution in [1.82, 2.24) is 15.1 Å². The summed E-state index contributed by atoms with van der Waals surface area (Å²) >= 11 is 0. The number of amides is 1. The smallest absolute Gasteiger partial charge is 0.273 e. The van der Waals surface area contributed by atoms with Crippen molar-refractivity contribution in [2.45, 2.75) is 13.0 Å². The molecule has 1 heterocycles. The Morgan fingerprint density at radius 2 is 2.00 bits per heavy atom. The van der Waals surface area contributed by atoms with Crippen LogP contribution in [0.15, 0.2) is 12.1 Å². The van der Waals surface area contributed by atoms with Crippen molar-refractivity contribution in [3.8, 4) is 0 Å². The van der Waals surface area contributed by atoms with Crippen molar-refractivity contribution >= 4 is 11.7 Å². The van der Waals surface area contributed by atoms with E-state index in [0.717, 1.165) is 0 Å². The molecular weight excluding hydrogens is 218 g/mol. The van der Waals surface area contributed by atoms with E-state index in [2.05, 4.69) is 10.2 Å². The van der Waals surface area contributed by atoms with Crippen LogP contribution in [0.4, 0.5) is 5.82 Å². The Bertz CT molecular complexity index is 374. The minimum absolute atomic E-state index is 0.0601. The summed E-state index contributed by atoms with van der Waals surface area (Å²) in [4.78, 5) is 15.0. The predicted molar refractivity (Wildman–Crippen MR) is 67.0 cm³/mol. The van der Waals surface area contributed by atoms with Gasteiger partial charge in [-0.25, -0.2) is 0 Å². The average molecular weight is 237 g/mol. The standard InChI is InChI=1S/C11H19N5O/c1-8(12)7-16(4)10-6-5-9(13-14-10)11(17)15(2)3/h5-6,8H,7,12H2,1-4H3. The maximum atomic E-state index is 11.6. The summed E-state index contributed by atoms with van der Waals surface area (Å²) < 4.78 is 0. The van der Waals surface area contributed by atoms with Gasteiger partial charge in [0.15, 0.2) is 11.5 Å². The molecule has 0 aliphatic heterocycles. The molecule has 6 nitrogen and oxygen atoms in total. The molecule has 1 aromatic rings. The number of likely N-dealkylation sites (N-methyl/N-ethyl adjacent to an activating group) is 1. The van der Waals surface area contributed by atoms with Crippen LogP contribution in [0, 0.1) is 0 Å². The number of hydrogen-bond acceptors (Lipinski definition) is 5. The zero-order valence-electron chi connectivity index (χ0n) is 10.7. The normalized spacial score (nSPS) is 12.1. The van der Waals surface area contributed by atoms with E-state index in [0.29, 0.717) is 18.1 Å². The van der Waals surface area contributed by atoms with Crippen molar-refractivity contribution in [3.63, 3.8) is 0 Å². The number of anilines is 1. The maximum absolute atomic E-state index is 11.6. The molecule has 0 aliphatic rings. The van der Waals surface area contributed by atoms with Gasteiger partial charge >= 0.3 is 0 Å². The molecule has 0 fully saturated rings. The van der Waals surface area contributed by atoms with Gasteiger partial charge in [-0.05, 0) is 19.1 Å². The Morgan fingerprint density at radius 1 is 1.35 bits per heavy atom. The Balaban J connectivity index is 2.77. The number of nitrogens with zero attached hydrogens (tertiary/aromatic N) is 4. The van der Waals surface area contributed by atoms with Gasteiger partial charge in [0, 0.05) is 33.7 Å². The van der Waals surface area contributed by atoms with Gasteiger partial charge in [-0.1, -0.05) is 0 Å². The summed E-state index contributed by atoms with van der Waals surface area (Å²) in [5, 5.41) is 7.91. The summed E-state index contributed by atoms with van der Waals surface area (Å²) in [6.07, 6.45) is 0. The SMILES string of the molecule is CC(N)CN(C)c1ccc(C(=O)N(C)C)nn1. The quantitative estimate of drug-likeness (QED) is 0.795. The second-order valence-corrected chi connectivity index (χ2v) is 4.33. The first kappa shape index (κ1) is 13.4. The highest BCUT2D eigenvalue weighted by molar-refractivity contribution is 5.91. The molecule has 0 bridgehead atoms. The highest BCUT2D eigenvalue weighted by Crippen LogP contribution is 2.08. The summed E-state index contributed by atoms with van der Waals surface area (Å²) in [5.74, 6) is 0.552. The van der Waals surface area contributed by atoms with E-state index in [1.54, 1.807) is 26.2 Å². The van der Waals surface area contributed by atoms with Gasteiger partial charge in [-0.2, -0.15) is 0 Å². The number of aromatic nitrogens is 2. The molecule has 0 saturated heterocycles. The average Bonchev–Trinajstić information content (AvgIpc) is 2.27. The molecular formula is C11H19N5O. The zero-order valence-corrected chi connectivity index (χ0v) is 10.7. The minimum Gasteiger partial charge on any atom is -0.357 e. The lowest BCUT2D eigenvalue weighted by molar-refractivity contribution is 0.0821. The molecule has 1 aromatic heterocycles.